The van der Waals surface area contributed by atoms with Crippen molar-refractivity contribution in [2.45, 2.75) is 19.4 Å². The van der Waals surface area contributed by atoms with Gasteiger partial charge >= 0.3 is 5.97 Å². The molecule has 0 aliphatic carbocycles. The van der Waals surface area contributed by atoms with Crippen LogP contribution in [-0.2, 0) is 11.2 Å². The van der Waals surface area contributed by atoms with E-state index in [1.54, 1.807) is 36.4 Å². The molecule has 0 spiro atoms. The number of carboxylic acids is 1. The van der Waals surface area contributed by atoms with E-state index >= 15 is 4.39 Å². The second-order valence-corrected chi connectivity index (χ2v) is 9.70. The molecule has 1 aromatic heterocycles. The fourth-order valence-corrected chi connectivity index (χ4v) is 4.30. The molecule has 0 unspecified atom stereocenters. The smallest absolute Gasteiger partial charge is 0.326 e. The van der Waals surface area contributed by atoms with Crippen molar-refractivity contribution < 1.29 is 23.6 Å². The third-order valence-corrected chi connectivity index (χ3v) is 6.60. The lowest BCUT2D eigenvalue weighted by molar-refractivity contribution is -0.139. The molecular weight excluding hydrogens is 533 g/mol. The molecule has 40 heavy (non-hydrogen) atoms. The van der Waals surface area contributed by atoms with Gasteiger partial charge in [-0.25, -0.2) is 9.18 Å². The predicted molar refractivity (Wildman–Crippen MR) is 149 cm³/mol. The third kappa shape index (κ3) is 6.08. The molecule has 1 amide bonds. The van der Waals surface area contributed by atoms with Gasteiger partial charge in [0.15, 0.2) is 0 Å². The van der Waals surface area contributed by atoms with Gasteiger partial charge in [0.05, 0.1) is 5.56 Å². The van der Waals surface area contributed by atoms with Gasteiger partial charge in [-0.05, 0) is 72.1 Å². The van der Waals surface area contributed by atoms with Gasteiger partial charge < -0.3 is 14.9 Å². The molecule has 1 heterocycles. The van der Waals surface area contributed by atoms with Gasteiger partial charge in [0, 0.05) is 22.6 Å². The van der Waals surface area contributed by atoms with Crippen LogP contribution < -0.4 is 5.32 Å². The number of amides is 1. The number of nitrogens with zero attached hydrogens (tertiary/aromatic N) is 2. The number of nitrogens with one attached hydrogen (secondary N) is 1. The van der Waals surface area contributed by atoms with E-state index in [1.165, 1.54) is 12.1 Å². The molecule has 0 bridgehead atoms. The number of hydrogen-bond acceptors (Lipinski definition) is 5. The van der Waals surface area contributed by atoms with Gasteiger partial charge in [-0.2, -0.15) is 4.98 Å². The molecule has 4 aromatic carbocycles. The van der Waals surface area contributed by atoms with Crippen LogP contribution in [0, 0.1) is 12.7 Å². The maximum absolute atomic E-state index is 15.0. The maximum Gasteiger partial charge on any atom is 0.326 e. The highest BCUT2D eigenvalue weighted by Crippen LogP contribution is 2.26. The standard InChI is InChI=1S/C31H23ClFN3O4/c1-18-5-8-21(9-6-18)30-35-28(36-40-30)25-14-7-19(15-26(25)33)16-27(31(38)39)34-29(37)23-4-2-3-22(17-23)20-10-12-24(32)13-11-20/h2-15,17,27H,16H2,1H3,(H,34,37)(H,38,39)/t27-/m1/s1. The van der Waals surface area contributed by atoms with Crippen LogP contribution in [0.2, 0.25) is 5.02 Å². The number of benzene rings is 4. The van der Waals surface area contributed by atoms with Gasteiger partial charge in [0.1, 0.15) is 11.9 Å². The molecule has 0 saturated carbocycles. The van der Waals surface area contributed by atoms with Crippen LogP contribution >= 0.6 is 11.6 Å². The lowest BCUT2D eigenvalue weighted by Crippen LogP contribution is -2.42. The van der Waals surface area contributed by atoms with Crippen molar-refractivity contribution >= 4 is 23.5 Å². The number of aliphatic carboxylic acids is 1. The summed E-state index contributed by atoms with van der Waals surface area (Å²) in [5.74, 6) is -2.11. The molecule has 0 aliphatic rings. The van der Waals surface area contributed by atoms with Crippen molar-refractivity contribution in [2.24, 2.45) is 0 Å². The molecule has 0 aliphatic heterocycles. The summed E-state index contributed by atoms with van der Waals surface area (Å²) in [7, 11) is 0. The normalized spacial score (nSPS) is 11.7. The number of rotatable bonds is 8. The van der Waals surface area contributed by atoms with Gasteiger partial charge in [-0.3, -0.25) is 4.79 Å². The zero-order valence-corrected chi connectivity index (χ0v) is 22.0. The number of aryl methyl sites for hydroxylation is 1. The summed E-state index contributed by atoms with van der Waals surface area (Å²) in [6, 6.07) is 24.4. The van der Waals surface area contributed by atoms with Crippen molar-refractivity contribution in [1.82, 2.24) is 15.5 Å². The van der Waals surface area contributed by atoms with Gasteiger partial charge in [0.25, 0.3) is 11.8 Å². The summed E-state index contributed by atoms with van der Waals surface area (Å²) in [4.78, 5) is 29.2. The molecular formula is C31H23ClFN3O4. The molecule has 9 heteroatoms. The first-order valence-electron chi connectivity index (χ1n) is 12.4. The van der Waals surface area contributed by atoms with Crippen molar-refractivity contribution in [3.63, 3.8) is 0 Å². The summed E-state index contributed by atoms with van der Waals surface area (Å²) in [6.07, 6.45) is -0.129. The Bertz CT molecular complexity index is 1680. The Hall–Kier alpha value is -4.82. The second kappa shape index (κ2) is 11.5. The molecule has 2 N–H and O–H groups in total. The summed E-state index contributed by atoms with van der Waals surface area (Å²) < 4.78 is 20.3. The Morgan fingerprint density at radius 2 is 1.68 bits per heavy atom. The van der Waals surface area contributed by atoms with Crippen molar-refractivity contribution in [1.29, 1.82) is 0 Å². The highest BCUT2D eigenvalue weighted by molar-refractivity contribution is 6.30. The lowest BCUT2D eigenvalue weighted by atomic mass is 10.0. The molecule has 1 atom stereocenters. The van der Waals surface area contributed by atoms with Crippen LogP contribution in [0.1, 0.15) is 21.5 Å². The van der Waals surface area contributed by atoms with Crippen LogP contribution in [0.15, 0.2) is 95.5 Å². The van der Waals surface area contributed by atoms with E-state index in [-0.39, 0.29) is 23.7 Å². The van der Waals surface area contributed by atoms with Crippen LogP contribution in [0.4, 0.5) is 4.39 Å². The zero-order valence-electron chi connectivity index (χ0n) is 21.3. The molecule has 0 radical (unpaired) electrons. The topological polar surface area (TPSA) is 105 Å². The van der Waals surface area contributed by atoms with Gasteiger partial charge in [0.2, 0.25) is 5.82 Å². The first-order chi connectivity index (χ1) is 19.3. The Morgan fingerprint density at radius 1 is 0.950 bits per heavy atom. The first kappa shape index (κ1) is 26.8. The minimum Gasteiger partial charge on any atom is -0.480 e. The molecule has 0 saturated heterocycles. The summed E-state index contributed by atoms with van der Waals surface area (Å²) in [5, 5.41) is 16.8. The van der Waals surface area contributed by atoms with E-state index in [0.717, 1.165) is 16.7 Å². The Balaban J connectivity index is 1.30. The summed E-state index contributed by atoms with van der Waals surface area (Å²) in [6.45, 7) is 1.96. The van der Waals surface area contributed by atoms with Crippen LogP contribution in [0.5, 0.6) is 0 Å². The third-order valence-electron chi connectivity index (χ3n) is 6.34. The quantitative estimate of drug-likeness (QED) is 0.223. The van der Waals surface area contributed by atoms with E-state index < -0.39 is 23.7 Å². The Morgan fingerprint density at radius 3 is 2.38 bits per heavy atom. The highest BCUT2D eigenvalue weighted by Gasteiger charge is 2.23. The zero-order chi connectivity index (χ0) is 28.2. The molecule has 5 rings (SSSR count). The van der Waals surface area contributed by atoms with E-state index in [9.17, 15) is 14.7 Å². The lowest BCUT2D eigenvalue weighted by Gasteiger charge is -2.15. The number of carboxylic acid groups (broad SMARTS) is 1. The Labute approximate surface area is 234 Å². The maximum atomic E-state index is 15.0. The van der Waals surface area contributed by atoms with Crippen molar-refractivity contribution in [2.75, 3.05) is 0 Å². The summed E-state index contributed by atoms with van der Waals surface area (Å²) >= 11 is 5.96. The molecule has 0 fully saturated rings. The highest BCUT2D eigenvalue weighted by atomic mass is 35.5. The molecule has 5 aromatic rings. The van der Waals surface area contributed by atoms with Crippen LogP contribution in [-0.4, -0.2) is 33.2 Å². The SMILES string of the molecule is Cc1ccc(-c2nc(-c3ccc(C[C@@H](NC(=O)c4cccc(-c5ccc(Cl)cc5)c4)C(=O)O)cc3F)no2)cc1. The van der Waals surface area contributed by atoms with Crippen molar-refractivity contribution in [3.05, 3.63) is 119 Å². The second-order valence-electron chi connectivity index (χ2n) is 9.26. The predicted octanol–water partition coefficient (Wildman–Crippen LogP) is 6.60. The summed E-state index contributed by atoms with van der Waals surface area (Å²) in [5.41, 5.74) is 4.21. The number of aromatic nitrogens is 2. The van der Waals surface area contributed by atoms with Gasteiger partial charge in [-0.1, -0.05) is 64.8 Å². The average Bonchev–Trinajstić information content (AvgIpc) is 3.43. The van der Waals surface area contributed by atoms with Crippen LogP contribution in [0.25, 0.3) is 34.0 Å². The monoisotopic (exact) mass is 555 g/mol. The average molecular weight is 556 g/mol. The minimum atomic E-state index is -1.28. The Kier molecular flexibility index (Phi) is 7.70. The first-order valence-corrected chi connectivity index (χ1v) is 12.7. The number of hydrogen-bond donors (Lipinski definition) is 2. The van der Waals surface area contributed by atoms with E-state index in [2.05, 4.69) is 15.5 Å². The minimum absolute atomic E-state index is 0.0725. The number of carbonyl (C=O) groups excluding carboxylic acids is 1. The van der Waals surface area contributed by atoms with Gasteiger partial charge in [-0.15, -0.1) is 0 Å². The van der Waals surface area contributed by atoms with E-state index in [1.807, 2.05) is 49.4 Å². The fraction of sp³-hybridized carbons (Fsp3) is 0.0968. The number of halogens is 2. The molecule has 7 nitrogen and oxygen atoms in total. The number of carbonyl (C=O) groups is 2. The van der Waals surface area contributed by atoms with Crippen molar-refractivity contribution in [3.8, 4) is 34.0 Å². The van der Waals surface area contributed by atoms with E-state index in [4.69, 9.17) is 16.1 Å². The van der Waals surface area contributed by atoms with Crippen LogP contribution in [0.3, 0.4) is 0 Å². The van der Waals surface area contributed by atoms with E-state index in [0.29, 0.717) is 21.7 Å². The largest absolute Gasteiger partial charge is 0.480 e. The molecule has 200 valence electrons. The fourth-order valence-electron chi connectivity index (χ4n) is 4.17.